The fourth-order valence-electron chi connectivity index (χ4n) is 1.74. The van der Waals surface area contributed by atoms with Crippen LogP contribution < -0.4 is 0 Å². The van der Waals surface area contributed by atoms with E-state index in [-0.39, 0.29) is 11.7 Å². The van der Waals surface area contributed by atoms with E-state index >= 15 is 0 Å². The van der Waals surface area contributed by atoms with Crippen molar-refractivity contribution in [3.05, 3.63) is 0 Å². The van der Waals surface area contributed by atoms with Gasteiger partial charge in [-0.3, -0.25) is 9.59 Å². The van der Waals surface area contributed by atoms with Crippen LogP contribution in [-0.4, -0.2) is 21.6 Å². The predicted octanol–water partition coefficient (Wildman–Crippen LogP) is 3.74. The van der Waals surface area contributed by atoms with Gasteiger partial charge < -0.3 is 5.41 Å². The molecule has 0 spiro atoms. The molecule has 0 aromatic heterocycles. The summed E-state index contributed by atoms with van der Waals surface area (Å²) >= 11 is 17.0. The number of nitrogens with one attached hydrogen (secondary N) is 1. The second-order valence-corrected chi connectivity index (χ2v) is 7.53. The maximum atomic E-state index is 12.2. The third kappa shape index (κ3) is 3.06. The van der Waals surface area contributed by atoms with Crippen LogP contribution in [0.4, 0.5) is 0 Å². The Morgan fingerprint density at radius 2 is 1.56 bits per heavy atom. The van der Waals surface area contributed by atoms with Crippen molar-refractivity contribution in [3.8, 4) is 0 Å². The highest BCUT2D eigenvalue weighted by Crippen LogP contribution is 2.46. The van der Waals surface area contributed by atoms with E-state index in [1.807, 2.05) is 0 Å². The van der Waals surface area contributed by atoms with Gasteiger partial charge in [0.15, 0.2) is 0 Å². The van der Waals surface area contributed by atoms with Gasteiger partial charge in [0.2, 0.25) is 10.1 Å². The van der Waals surface area contributed by atoms with E-state index in [9.17, 15) is 9.59 Å². The number of Topliss-reactive ketones (excluding diaryl/α,β-unsaturated/α-hetero) is 1. The third-order valence-electron chi connectivity index (χ3n) is 3.38. The van der Waals surface area contributed by atoms with Gasteiger partial charge in [0.05, 0.1) is 11.1 Å². The van der Waals surface area contributed by atoms with E-state index in [4.69, 9.17) is 40.2 Å². The van der Waals surface area contributed by atoms with Crippen LogP contribution in [0.1, 0.15) is 34.6 Å². The van der Waals surface area contributed by atoms with Gasteiger partial charge in [0.25, 0.3) is 0 Å². The highest BCUT2D eigenvalue weighted by atomic mass is 35.6. The molecule has 0 bridgehead atoms. The zero-order valence-electron chi connectivity index (χ0n) is 11.0. The Labute approximate surface area is 123 Å². The number of ketones is 1. The quantitative estimate of drug-likeness (QED) is 0.621. The van der Waals surface area contributed by atoms with Gasteiger partial charge in [-0.15, -0.1) is 0 Å². The van der Waals surface area contributed by atoms with Gasteiger partial charge in [-0.1, -0.05) is 62.5 Å². The van der Waals surface area contributed by atoms with E-state index in [2.05, 4.69) is 0 Å². The summed E-state index contributed by atoms with van der Waals surface area (Å²) in [5.41, 5.74) is -3.21. The summed E-state index contributed by atoms with van der Waals surface area (Å²) in [6.07, 6.45) is 1.71. The maximum Gasteiger partial charge on any atom is 0.229 e. The van der Waals surface area contributed by atoms with Crippen molar-refractivity contribution in [2.24, 2.45) is 16.7 Å². The highest BCUT2D eigenvalue weighted by molar-refractivity contribution is 6.77. The molecule has 0 aliphatic carbocycles. The zero-order chi connectivity index (χ0) is 14.9. The molecule has 1 N–H and O–H groups in total. The molecule has 0 fully saturated rings. The van der Waals surface area contributed by atoms with Crippen molar-refractivity contribution in [1.29, 1.82) is 5.41 Å². The SMILES string of the molecule is CC(C)C(=O)C(C)(C)C(C)([C]=O)C(=N)C(Cl)(Cl)Cl. The Kier molecular flexibility index (Phi) is 5.44. The lowest BCUT2D eigenvalue weighted by atomic mass is 9.61. The van der Waals surface area contributed by atoms with Crippen LogP contribution in [0.5, 0.6) is 0 Å². The second-order valence-electron chi connectivity index (χ2n) is 5.24. The molecule has 18 heavy (non-hydrogen) atoms. The lowest BCUT2D eigenvalue weighted by Crippen LogP contribution is -2.52. The summed E-state index contributed by atoms with van der Waals surface area (Å²) in [4.78, 5) is 23.5. The molecule has 0 saturated heterocycles. The molecular weight excluding hydrogens is 296 g/mol. The van der Waals surface area contributed by atoms with Crippen LogP contribution >= 0.6 is 34.8 Å². The number of hydrogen-bond donors (Lipinski definition) is 1. The fraction of sp³-hybridized carbons (Fsp3) is 0.750. The molecule has 0 aromatic rings. The summed E-state index contributed by atoms with van der Waals surface area (Å²) in [7, 11) is 0. The topological polar surface area (TPSA) is 58.0 Å². The van der Waals surface area contributed by atoms with E-state index in [0.717, 1.165) is 0 Å². The van der Waals surface area contributed by atoms with Crippen LogP contribution in [0.3, 0.4) is 0 Å². The minimum Gasteiger partial charge on any atom is -0.304 e. The van der Waals surface area contributed by atoms with Crippen LogP contribution in [0.15, 0.2) is 0 Å². The summed E-state index contributed by atoms with van der Waals surface area (Å²) < 4.78 is -2.04. The summed E-state index contributed by atoms with van der Waals surface area (Å²) in [6, 6.07) is 0. The first-order valence-corrected chi connectivity index (χ1v) is 6.55. The van der Waals surface area contributed by atoms with Crippen molar-refractivity contribution in [3.63, 3.8) is 0 Å². The Morgan fingerprint density at radius 3 is 1.78 bits per heavy atom. The van der Waals surface area contributed by atoms with Crippen molar-refractivity contribution in [2.75, 3.05) is 0 Å². The molecule has 1 radical (unpaired) electrons. The Balaban J connectivity index is 5.76. The minimum atomic E-state index is -2.04. The Hall–Kier alpha value is -0.120. The first-order valence-electron chi connectivity index (χ1n) is 5.42. The van der Waals surface area contributed by atoms with Crippen molar-refractivity contribution in [1.82, 2.24) is 0 Å². The number of hydrogen-bond acceptors (Lipinski definition) is 3. The first-order chi connectivity index (χ1) is 7.82. The molecular formula is C12H17Cl3NO2. The van der Waals surface area contributed by atoms with Gasteiger partial charge >= 0.3 is 0 Å². The number of rotatable bonds is 5. The maximum absolute atomic E-state index is 12.2. The smallest absolute Gasteiger partial charge is 0.229 e. The molecule has 0 amide bonds. The number of carbonyl (C=O) groups is 1. The summed E-state index contributed by atoms with van der Waals surface area (Å²) in [5.74, 6) is -0.483. The second kappa shape index (κ2) is 5.48. The van der Waals surface area contributed by atoms with Gasteiger partial charge in [-0.05, 0) is 6.92 Å². The Bertz CT molecular complexity index is 372. The van der Waals surface area contributed by atoms with E-state index in [1.54, 1.807) is 34.0 Å². The van der Waals surface area contributed by atoms with Gasteiger partial charge in [-0.2, -0.15) is 0 Å². The predicted molar refractivity (Wildman–Crippen MR) is 75.4 cm³/mol. The molecule has 0 rings (SSSR count). The zero-order valence-corrected chi connectivity index (χ0v) is 13.3. The molecule has 0 aliphatic heterocycles. The molecule has 3 nitrogen and oxygen atoms in total. The van der Waals surface area contributed by atoms with Crippen molar-refractivity contribution < 1.29 is 9.59 Å². The average molecular weight is 314 g/mol. The molecule has 0 aliphatic rings. The van der Waals surface area contributed by atoms with Crippen LogP contribution in [0.2, 0.25) is 0 Å². The standard InChI is InChI=1S/C12H17Cl3NO2/c1-7(2)8(18)10(3,4)11(5,6-17)9(16)12(13,14)15/h7,16H,1-5H3. The largest absolute Gasteiger partial charge is 0.304 e. The number of alkyl halides is 3. The monoisotopic (exact) mass is 312 g/mol. The minimum absolute atomic E-state index is 0.188. The number of halogens is 3. The van der Waals surface area contributed by atoms with Crippen molar-refractivity contribution >= 4 is 52.6 Å². The highest BCUT2D eigenvalue weighted by Gasteiger charge is 2.55. The van der Waals surface area contributed by atoms with Crippen molar-refractivity contribution in [2.45, 2.75) is 38.4 Å². The molecule has 0 aromatic carbocycles. The van der Waals surface area contributed by atoms with E-state index in [1.165, 1.54) is 6.92 Å². The molecule has 6 heteroatoms. The summed E-state index contributed by atoms with van der Waals surface area (Å²) in [6.45, 7) is 7.95. The molecule has 103 valence electrons. The Morgan fingerprint density at radius 1 is 1.17 bits per heavy atom. The van der Waals surface area contributed by atoms with Crippen LogP contribution in [0.25, 0.3) is 0 Å². The van der Waals surface area contributed by atoms with E-state index in [0.29, 0.717) is 0 Å². The molecule has 1 unspecified atom stereocenters. The molecule has 1 atom stereocenters. The summed E-state index contributed by atoms with van der Waals surface area (Å²) in [5, 5.41) is 7.87. The van der Waals surface area contributed by atoms with Crippen LogP contribution in [-0.2, 0) is 9.59 Å². The molecule has 0 heterocycles. The fourth-order valence-corrected chi connectivity index (χ4v) is 2.31. The first kappa shape index (κ1) is 17.9. The number of carbonyl (C=O) groups excluding carboxylic acids is 2. The van der Waals surface area contributed by atoms with E-state index < -0.39 is 20.3 Å². The van der Waals surface area contributed by atoms with Crippen LogP contribution in [0, 0.1) is 22.2 Å². The third-order valence-corrected chi connectivity index (χ3v) is 3.94. The van der Waals surface area contributed by atoms with Gasteiger partial charge in [0, 0.05) is 11.3 Å². The lowest BCUT2D eigenvalue weighted by Gasteiger charge is -2.41. The normalized spacial score (nSPS) is 16.3. The average Bonchev–Trinajstić information content (AvgIpc) is 2.23. The lowest BCUT2D eigenvalue weighted by molar-refractivity contribution is -0.132. The van der Waals surface area contributed by atoms with Gasteiger partial charge in [0.1, 0.15) is 5.78 Å². The molecule has 0 saturated carbocycles. The van der Waals surface area contributed by atoms with Gasteiger partial charge in [-0.25, -0.2) is 0 Å².